The van der Waals surface area contributed by atoms with E-state index in [1.807, 2.05) is 19.9 Å². The van der Waals surface area contributed by atoms with Crippen LogP contribution in [0.1, 0.15) is 35.3 Å². The summed E-state index contributed by atoms with van der Waals surface area (Å²) < 4.78 is 19.1. The maximum atomic E-state index is 14.1. The van der Waals surface area contributed by atoms with E-state index in [2.05, 4.69) is 0 Å². The average molecular weight is 356 g/mol. The van der Waals surface area contributed by atoms with Gasteiger partial charge in [-0.05, 0) is 55.7 Å². The van der Waals surface area contributed by atoms with Crippen LogP contribution in [0.25, 0.3) is 6.08 Å². The molecular formula is C21H21FO4. The molecule has 136 valence electrons. The second kappa shape index (κ2) is 8.34. The van der Waals surface area contributed by atoms with Crippen LogP contribution >= 0.6 is 0 Å². The molecule has 0 aromatic heterocycles. The van der Waals surface area contributed by atoms with Crippen molar-refractivity contribution in [1.82, 2.24) is 0 Å². The zero-order chi connectivity index (χ0) is 19.3. The fraction of sp³-hybridized carbons (Fsp3) is 0.190. The molecule has 2 aromatic carbocycles. The molecule has 0 aliphatic carbocycles. The fourth-order valence-electron chi connectivity index (χ4n) is 2.33. The summed E-state index contributed by atoms with van der Waals surface area (Å²) in [6, 6.07) is 6.94. The number of aromatic hydroxyl groups is 2. The third-order valence-corrected chi connectivity index (χ3v) is 3.79. The first-order valence-electron chi connectivity index (χ1n) is 8.06. The second-order valence-corrected chi connectivity index (χ2v) is 6.08. The first-order valence-corrected chi connectivity index (χ1v) is 8.06. The maximum absolute atomic E-state index is 14.1. The molecule has 0 amide bonds. The molecule has 0 saturated carbocycles. The van der Waals surface area contributed by atoms with E-state index in [4.69, 9.17) is 4.74 Å². The van der Waals surface area contributed by atoms with Crippen molar-refractivity contribution in [2.75, 3.05) is 7.11 Å². The van der Waals surface area contributed by atoms with Gasteiger partial charge in [-0.1, -0.05) is 23.8 Å². The second-order valence-electron chi connectivity index (χ2n) is 6.08. The van der Waals surface area contributed by atoms with Crippen LogP contribution in [-0.2, 0) is 6.42 Å². The normalized spacial score (nSPS) is 10.8. The summed E-state index contributed by atoms with van der Waals surface area (Å²) in [4.78, 5) is 12.4. The molecule has 2 aromatic rings. The number of methoxy groups -OCH3 is 1. The number of ether oxygens (including phenoxy) is 1. The predicted molar refractivity (Wildman–Crippen MR) is 99.2 cm³/mol. The Bertz CT molecular complexity index is 878. The van der Waals surface area contributed by atoms with Gasteiger partial charge in [0.1, 0.15) is 11.6 Å². The molecule has 0 fully saturated rings. The van der Waals surface area contributed by atoms with Gasteiger partial charge < -0.3 is 14.9 Å². The van der Waals surface area contributed by atoms with Crippen molar-refractivity contribution in [3.63, 3.8) is 0 Å². The summed E-state index contributed by atoms with van der Waals surface area (Å²) >= 11 is 0. The lowest BCUT2D eigenvalue weighted by Crippen LogP contribution is -2.01. The number of halogens is 1. The third-order valence-electron chi connectivity index (χ3n) is 3.79. The van der Waals surface area contributed by atoms with Gasteiger partial charge in [0.2, 0.25) is 0 Å². The van der Waals surface area contributed by atoms with Crippen molar-refractivity contribution in [2.24, 2.45) is 0 Å². The van der Waals surface area contributed by atoms with Crippen molar-refractivity contribution in [1.29, 1.82) is 0 Å². The van der Waals surface area contributed by atoms with Crippen LogP contribution in [0.5, 0.6) is 17.2 Å². The Labute approximate surface area is 151 Å². The van der Waals surface area contributed by atoms with Crippen LogP contribution in [0.2, 0.25) is 0 Å². The Morgan fingerprint density at radius 2 is 1.88 bits per heavy atom. The number of allylic oxidation sites excluding steroid dienone is 3. The number of phenols is 2. The molecule has 0 unspecified atom stereocenters. The zero-order valence-corrected chi connectivity index (χ0v) is 14.9. The molecule has 0 saturated heterocycles. The van der Waals surface area contributed by atoms with Crippen molar-refractivity contribution in [3.8, 4) is 17.2 Å². The summed E-state index contributed by atoms with van der Waals surface area (Å²) in [5.74, 6) is -1.21. The lowest BCUT2D eigenvalue weighted by atomic mass is 10.0. The molecule has 2 rings (SSSR count). The number of rotatable bonds is 6. The van der Waals surface area contributed by atoms with Gasteiger partial charge in [-0.2, -0.15) is 0 Å². The van der Waals surface area contributed by atoms with Gasteiger partial charge in [0.05, 0.1) is 12.7 Å². The lowest BCUT2D eigenvalue weighted by molar-refractivity contribution is 0.104. The first kappa shape index (κ1) is 19.2. The zero-order valence-electron chi connectivity index (χ0n) is 14.9. The van der Waals surface area contributed by atoms with Crippen LogP contribution < -0.4 is 4.74 Å². The minimum absolute atomic E-state index is 0.00975. The van der Waals surface area contributed by atoms with E-state index in [0.29, 0.717) is 17.5 Å². The molecule has 0 atom stereocenters. The van der Waals surface area contributed by atoms with Crippen LogP contribution in [0.15, 0.2) is 48.1 Å². The van der Waals surface area contributed by atoms with Crippen LogP contribution in [0.3, 0.4) is 0 Å². The highest BCUT2D eigenvalue weighted by molar-refractivity contribution is 6.07. The standard InChI is InChI=1S/C21H21FO4/c1-13(2)4-7-15-11-16(17(22)12-20(15)25)18(23)8-5-14-6-9-19(24)21(10-14)26-3/h4-6,8-12,24-25H,7H2,1-3H3/b8-5+. The molecule has 26 heavy (non-hydrogen) atoms. The highest BCUT2D eigenvalue weighted by Crippen LogP contribution is 2.27. The van der Waals surface area contributed by atoms with Crippen LogP contribution in [-0.4, -0.2) is 23.1 Å². The van der Waals surface area contributed by atoms with Crippen LogP contribution in [0.4, 0.5) is 4.39 Å². The van der Waals surface area contributed by atoms with Crippen molar-refractivity contribution in [2.45, 2.75) is 20.3 Å². The molecule has 0 spiro atoms. The molecule has 0 bridgehead atoms. The highest BCUT2D eigenvalue weighted by atomic mass is 19.1. The Hall–Kier alpha value is -3.08. The largest absolute Gasteiger partial charge is 0.508 e. The minimum Gasteiger partial charge on any atom is -0.508 e. The smallest absolute Gasteiger partial charge is 0.188 e. The number of hydrogen-bond donors (Lipinski definition) is 2. The third kappa shape index (κ3) is 4.72. The summed E-state index contributed by atoms with van der Waals surface area (Å²) in [5, 5.41) is 19.4. The van der Waals surface area contributed by atoms with Crippen LogP contribution in [0, 0.1) is 5.82 Å². The fourth-order valence-corrected chi connectivity index (χ4v) is 2.33. The van der Waals surface area contributed by atoms with Gasteiger partial charge in [0, 0.05) is 6.07 Å². The van der Waals surface area contributed by atoms with Gasteiger partial charge in [-0.15, -0.1) is 0 Å². The summed E-state index contributed by atoms with van der Waals surface area (Å²) in [7, 11) is 1.42. The summed E-state index contributed by atoms with van der Waals surface area (Å²) in [6.45, 7) is 3.84. The number of hydrogen-bond acceptors (Lipinski definition) is 4. The van der Waals surface area contributed by atoms with Crippen molar-refractivity contribution >= 4 is 11.9 Å². The van der Waals surface area contributed by atoms with Gasteiger partial charge in [0.15, 0.2) is 17.3 Å². The van der Waals surface area contributed by atoms with E-state index in [0.717, 1.165) is 11.6 Å². The molecule has 5 heteroatoms. The topological polar surface area (TPSA) is 66.8 Å². The molecule has 0 aliphatic heterocycles. The number of benzene rings is 2. The summed E-state index contributed by atoms with van der Waals surface area (Å²) in [6.07, 6.45) is 5.05. The number of carbonyl (C=O) groups is 1. The van der Waals surface area contributed by atoms with E-state index in [9.17, 15) is 19.4 Å². The highest BCUT2D eigenvalue weighted by Gasteiger charge is 2.13. The maximum Gasteiger partial charge on any atom is 0.188 e. The quantitative estimate of drug-likeness (QED) is 0.449. The monoisotopic (exact) mass is 356 g/mol. The van der Waals surface area contributed by atoms with Gasteiger partial charge in [-0.25, -0.2) is 4.39 Å². The van der Waals surface area contributed by atoms with E-state index < -0.39 is 11.6 Å². The first-order chi connectivity index (χ1) is 12.3. The molecule has 0 heterocycles. The van der Waals surface area contributed by atoms with E-state index in [1.165, 1.54) is 31.4 Å². The van der Waals surface area contributed by atoms with Crippen molar-refractivity contribution < 1.29 is 24.1 Å². The average Bonchev–Trinajstić information content (AvgIpc) is 2.59. The van der Waals surface area contributed by atoms with E-state index in [1.54, 1.807) is 12.1 Å². The number of ketones is 1. The summed E-state index contributed by atoms with van der Waals surface area (Å²) in [5.41, 5.74) is 2.05. The molecular weight excluding hydrogens is 335 g/mol. The van der Waals surface area contributed by atoms with Crippen molar-refractivity contribution in [3.05, 3.63) is 70.6 Å². The Kier molecular flexibility index (Phi) is 6.17. The molecule has 2 N–H and O–H groups in total. The van der Waals surface area contributed by atoms with Gasteiger partial charge in [-0.3, -0.25) is 4.79 Å². The van der Waals surface area contributed by atoms with Gasteiger partial charge in [0.25, 0.3) is 0 Å². The number of phenolic OH excluding ortho intramolecular Hbond substituents is 2. The SMILES string of the molecule is COc1cc(/C=C/C(=O)c2cc(CC=C(C)C)c(O)cc2F)ccc1O. The predicted octanol–water partition coefficient (Wildman–Crippen LogP) is 4.65. The lowest BCUT2D eigenvalue weighted by Gasteiger charge is -2.07. The van der Waals surface area contributed by atoms with E-state index >= 15 is 0 Å². The Morgan fingerprint density at radius 1 is 1.15 bits per heavy atom. The minimum atomic E-state index is -0.776. The van der Waals surface area contributed by atoms with E-state index in [-0.39, 0.29) is 22.8 Å². The number of carbonyl (C=O) groups excluding carboxylic acids is 1. The molecule has 4 nitrogen and oxygen atoms in total. The molecule has 0 radical (unpaired) electrons. The molecule has 0 aliphatic rings. The Morgan fingerprint density at radius 3 is 2.54 bits per heavy atom. The van der Waals surface area contributed by atoms with Gasteiger partial charge >= 0.3 is 0 Å². The Balaban J connectivity index is 2.28.